The van der Waals surface area contributed by atoms with Crippen molar-refractivity contribution >= 4 is 5.97 Å². The van der Waals surface area contributed by atoms with Gasteiger partial charge in [0.05, 0.1) is 5.56 Å². The molecule has 36 heavy (non-hydrogen) atoms. The van der Waals surface area contributed by atoms with Crippen LogP contribution in [0.1, 0.15) is 158 Å². The minimum atomic E-state index is -0.875. The monoisotopic (exact) mass is 503 g/mol. The number of aromatic carboxylic acids is 1. The van der Waals surface area contributed by atoms with Crippen LogP contribution in [0, 0.1) is 6.92 Å². The zero-order valence-electron chi connectivity index (χ0n) is 24.7. The third kappa shape index (κ3) is 24.3. The summed E-state index contributed by atoms with van der Waals surface area (Å²) in [4.78, 5) is 12.9. The van der Waals surface area contributed by atoms with Crippen molar-refractivity contribution in [1.82, 2.24) is 4.90 Å². The summed E-state index contributed by atoms with van der Waals surface area (Å²) in [6.07, 6.45) is 28.9. The first-order valence-electron chi connectivity index (χ1n) is 15.5. The van der Waals surface area contributed by atoms with E-state index in [2.05, 4.69) is 25.8 Å². The lowest BCUT2D eigenvalue weighted by Crippen LogP contribution is -2.20. The second kappa shape index (κ2) is 26.7. The highest BCUT2D eigenvalue weighted by Gasteiger charge is 2.00. The number of aryl methyl sites for hydroxylation is 1. The summed E-state index contributed by atoms with van der Waals surface area (Å²) in [5.41, 5.74) is 1.41. The van der Waals surface area contributed by atoms with Gasteiger partial charge in [0.15, 0.2) is 0 Å². The first kappa shape index (κ1) is 34.6. The molecule has 0 aromatic heterocycles. The Kier molecular flexibility index (Phi) is 25.7. The van der Waals surface area contributed by atoms with Crippen molar-refractivity contribution in [2.45, 2.75) is 149 Å². The molecule has 0 spiro atoms. The van der Waals surface area contributed by atoms with Crippen molar-refractivity contribution in [2.24, 2.45) is 0 Å². The summed E-state index contributed by atoms with van der Waals surface area (Å²) in [5.74, 6) is -0.875. The van der Waals surface area contributed by atoms with E-state index in [0.29, 0.717) is 5.56 Å². The van der Waals surface area contributed by atoms with E-state index < -0.39 is 5.97 Å². The van der Waals surface area contributed by atoms with E-state index in [1.54, 1.807) is 24.3 Å². The number of unbranched alkanes of at least 4 members (excludes halogenated alkanes) is 18. The zero-order chi connectivity index (χ0) is 26.7. The van der Waals surface area contributed by atoms with Crippen molar-refractivity contribution in [3.63, 3.8) is 0 Å². The zero-order valence-corrected chi connectivity index (χ0v) is 24.7. The Balaban J connectivity index is 0.00000101. The number of carbonyl (C=O) groups is 1. The molecule has 0 heterocycles. The normalized spacial score (nSPS) is 10.9. The summed E-state index contributed by atoms with van der Waals surface area (Å²) in [6.45, 7) is 9.15. The Hall–Kier alpha value is -1.35. The molecular weight excluding hydrogens is 442 g/mol. The molecule has 0 aliphatic heterocycles. The average molecular weight is 504 g/mol. The summed E-state index contributed by atoms with van der Waals surface area (Å²) >= 11 is 0. The molecule has 1 aromatic rings. The minimum absolute atomic E-state index is 0.339. The van der Waals surface area contributed by atoms with Gasteiger partial charge >= 0.3 is 5.97 Å². The molecule has 0 saturated heterocycles. The molecule has 1 N–H and O–H groups in total. The van der Waals surface area contributed by atoms with Crippen LogP contribution in [0.4, 0.5) is 0 Å². The van der Waals surface area contributed by atoms with E-state index in [1.165, 1.54) is 142 Å². The molecule has 0 aliphatic carbocycles. The topological polar surface area (TPSA) is 40.5 Å². The fourth-order valence-electron chi connectivity index (χ4n) is 4.55. The van der Waals surface area contributed by atoms with Crippen LogP contribution < -0.4 is 0 Å². The predicted molar refractivity (Wildman–Crippen MR) is 159 cm³/mol. The van der Waals surface area contributed by atoms with Crippen LogP contribution in [0.5, 0.6) is 0 Å². The van der Waals surface area contributed by atoms with Gasteiger partial charge < -0.3 is 10.0 Å². The maximum absolute atomic E-state index is 10.3. The average Bonchev–Trinajstić information content (AvgIpc) is 2.87. The van der Waals surface area contributed by atoms with Crippen LogP contribution in [-0.2, 0) is 0 Å². The largest absolute Gasteiger partial charge is 0.478 e. The van der Waals surface area contributed by atoms with Gasteiger partial charge in [0.25, 0.3) is 0 Å². The van der Waals surface area contributed by atoms with Gasteiger partial charge in [-0.15, -0.1) is 0 Å². The molecule has 0 unspecified atom stereocenters. The molecular formula is C33H61NO2. The minimum Gasteiger partial charge on any atom is -0.478 e. The van der Waals surface area contributed by atoms with Gasteiger partial charge in [0.2, 0.25) is 0 Å². The van der Waals surface area contributed by atoms with E-state index in [0.717, 1.165) is 5.56 Å². The molecule has 3 heteroatoms. The molecule has 210 valence electrons. The fourth-order valence-corrected chi connectivity index (χ4v) is 4.55. The number of benzene rings is 1. The van der Waals surface area contributed by atoms with Crippen molar-refractivity contribution in [2.75, 3.05) is 20.1 Å². The van der Waals surface area contributed by atoms with Gasteiger partial charge in [-0.3, -0.25) is 0 Å². The number of carboxylic acids is 1. The number of carboxylic acid groups (broad SMARTS) is 1. The van der Waals surface area contributed by atoms with E-state index in [9.17, 15) is 4.79 Å². The smallest absolute Gasteiger partial charge is 0.335 e. The van der Waals surface area contributed by atoms with E-state index >= 15 is 0 Å². The number of rotatable bonds is 23. The summed E-state index contributed by atoms with van der Waals surface area (Å²) < 4.78 is 0. The standard InChI is InChI=1S/C25H53N.C8H8O2/c1-4-6-8-10-12-14-16-18-20-22-24-26(3)25-23-21-19-17-15-13-11-9-7-5-2;1-6-2-4-7(5-3-6)8(9)10/h4-25H2,1-3H3;2-5H,1H3,(H,9,10). The maximum Gasteiger partial charge on any atom is 0.335 e. The van der Waals surface area contributed by atoms with Crippen LogP contribution in [0.3, 0.4) is 0 Å². The summed E-state index contributed by atoms with van der Waals surface area (Å²) in [6, 6.07) is 6.75. The summed E-state index contributed by atoms with van der Waals surface area (Å²) in [5, 5.41) is 8.48. The maximum atomic E-state index is 10.3. The Morgan fingerprint density at radius 2 is 0.889 bits per heavy atom. The molecule has 0 aliphatic rings. The molecule has 1 aromatic carbocycles. The molecule has 0 amide bonds. The van der Waals surface area contributed by atoms with Crippen molar-refractivity contribution in [1.29, 1.82) is 0 Å². The van der Waals surface area contributed by atoms with Crippen molar-refractivity contribution < 1.29 is 9.90 Å². The molecule has 3 nitrogen and oxygen atoms in total. The first-order chi connectivity index (χ1) is 17.5. The molecule has 0 fully saturated rings. The lowest BCUT2D eigenvalue weighted by atomic mass is 10.1. The highest BCUT2D eigenvalue weighted by molar-refractivity contribution is 5.87. The number of nitrogens with zero attached hydrogens (tertiary/aromatic N) is 1. The van der Waals surface area contributed by atoms with Gasteiger partial charge in [0.1, 0.15) is 0 Å². The third-order valence-corrected chi connectivity index (χ3v) is 7.09. The Morgan fingerprint density at radius 3 is 1.19 bits per heavy atom. The third-order valence-electron chi connectivity index (χ3n) is 7.09. The van der Waals surface area contributed by atoms with Crippen LogP contribution in [-0.4, -0.2) is 36.1 Å². The van der Waals surface area contributed by atoms with Gasteiger partial charge in [-0.1, -0.05) is 147 Å². The van der Waals surface area contributed by atoms with Crippen molar-refractivity contribution in [3.05, 3.63) is 35.4 Å². The van der Waals surface area contributed by atoms with Gasteiger partial charge in [-0.25, -0.2) is 4.79 Å². The second-order valence-corrected chi connectivity index (χ2v) is 10.8. The number of hydrogen-bond donors (Lipinski definition) is 1. The summed E-state index contributed by atoms with van der Waals surface area (Å²) in [7, 11) is 2.32. The Bertz CT molecular complexity index is 560. The van der Waals surface area contributed by atoms with Gasteiger partial charge in [-0.05, 0) is 52.0 Å². The van der Waals surface area contributed by atoms with Crippen LogP contribution in [0.25, 0.3) is 0 Å². The molecule has 0 radical (unpaired) electrons. The fraction of sp³-hybridized carbons (Fsp3) is 0.788. The quantitative estimate of drug-likeness (QED) is 0.151. The lowest BCUT2D eigenvalue weighted by molar-refractivity contribution is 0.0697. The highest BCUT2D eigenvalue weighted by Crippen LogP contribution is 2.12. The van der Waals surface area contributed by atoms with Crippen LogP contribution in [0.2, 0.25) is 0 Å². The predicted octanol–water partition coefficient (Wildman–Crippen LogP) is 10.5. The van der Waals surface area contributed by atoms with Crippen LogP contribution >= 0.6 is 0 Å². The molecule has 0 bridgehead atoms. The Morgan fingerprint density at radius 1 is 0.583 bits per heavy atom. The molecule has 0 saturated carbocycles. The molecule has 0 atom stereocenters. The van der Waals surface area contributed by atoms with E-state index in [4.69, 9.17) is 5.11 Å². The van der Waals surface area contributed by atoms with Gasteiger partial charge in [0, 0.05) is 0 Å². The SMILES string of the molecule is CCCCCCCCCCCCN(C)CCCCCCCCCCCC.Cc1ccc(C(=O)O)cc1. The first-order valence-corrected chi connectivity index (χ1v) is 15.5. The lowest BCUT2D eigenvalue weighted by Gasteiger charge is -2.16. The van der Waals surface area contributed by atoms with Gasteiger partial charge in [-0.2, -0.15) is 0 Å². The highest BCUT2D eigenvalue weighted by atomic mass is 16.4. The second-order valence-electron chi connectivity index (χ2n) is 10.8. The van der Waals surface area contributed by atoms with Crippen molar-refractivity contribution in [3.8, 4) is 0 Å². The van der Waals surface area contributed by atoms with Crippen LogP contribution in [0.15, 0.2) is 24.3 Å². The Labute approximate surface area is 225 Å². The van der Waals surface area contributed by atoms with E-state index in [-0.39, 0.29) is 0 Å². The molecule has 1 rings (SSSR count). The number of hydrogen-bond acceptors (Lipinski definition) is 2. The van der Waals surface area contributed by atoms with E-state index in [1.807, 2.05) is 6.92 Å².